The average molecular weight is 513 g/mol. The van der Waals surface area contributed by atoms with Gasteiger partial charge in [-0.05, 0) is 111 Å². The number of aryl methyl sites for hydroxylation is 1. The lowest BCUT2D eigenvalue weighted by Gasteiger charge is -2.36. The fraction of sp³-hybridized carbons (Fsp3) is 0.594. The molecule has 4 aliphatic rings. The molecule has 0 radical (unpaired) electrons. The number of ketones is 1. The van der Waals surface area contributed by atoms with Crippen molar-refractivity contribution in [2.45, 2.75) is 83.9 Å². The monoisotopic (exact) mass is 512 g/mol. The molecule has 3 aromatic heterocycles. The minimum atomic E-state index is -0.882. The fourth-order valence-corrected chi connectivity index (χ4v) is 8.57. The standard InChI is InChI=1S/C32H40N4O2/c1-3-21-10-11-24(33-17-21)18-35(2)30(38)26-19-36-27(7-6-9-29(36)34-26)28(37)8-4-5-12-31-14-22-13-25(22)32(20-31)16-23(32)15-31/h6-7,9-11,17,19,22-23,25,30,38H,3-5,8,12-16,18,20H2,1-2H3. The fourth-order valence-electron chi connectivity index (χ4n) is 8.57. The topological polar surface area (TPSA) is 70.7 Å². The highest BCUT2D eigenvalue weighted by molar-refractivity contribution is 5.95. The summed E-state index contributed by atoms with van der Waals surface area (Å²) >= 11 is 0. The van der Waals surface area contributed by atoms with Crippen molar-refractivity contribution in [3.63, 3.8) is 0 Å². The number of hydrogen-bond acceptors (Lipinski definition) is 5. The second-order valence-corrected chi connectivity index (χ2v) is 13.1. The second-order valence-electron chi connectivity index (χ2n) is 13.1. The number of aliphatic hydroxyl groups excluding tert-OH is 1. The highest BCUT2D eigenvalue weighted by Gasteiger charge is 2.75. The van der Waals surface area contributed by atoms with E-state index in [0.717, 1.165) is 48.1 Å². The first-order valence-corrected chi connectivity index (χ1v) is 14.7. The van der Waals surface area contributed by atoms with E-state index in [9.17, 15) is 9.90 Å². The summed E-state index contributed by atoms with van der Waals surface area (Å²) < 4.78 is 1.85. The van der Waals surface area contributed by atoms with Crippen LogP contribution in [0.5, 0.6) is 0 Å². The van der Waals surface area contributed by atoms with E-state index in [0.29, 0.717) is 35.4 Å². The van der Waals surface area contributed by atoms with E-state index >= 15 is 0 Å². The van der Waals surface area contributed by atoms with Crippen LogP contribution in [0.3, 0.4) is 0 Å². The van der Waals surface area contributed by atoms with E-state index in [4.69, 9.17) is 0 Å². The molecular formula is C32H40N4O2. The van der Waals surface area contributed by atoms with Crippen LogP contribution in [0.2, 0.25) is 0 Å². The van der Waals surface area contributed by atoms with E-state index in [1.807, 2.05) is 53.0 Å². The Hall–Kier alpha value is -2.57. The molecule has 0 saturated heterocycles. The summed E-state index contributed by atoms with van der Waals surface area (Å²) in [6, 6.07) is 9.76. The van der Waals surface area contributed by atoms with Crippen LogP contribution in [0.25, 0.3) is 5.65 Å². The number of rotatable bonds is 11. The number of Topliss-reactive ketones (excluding diaryl/α,β-unsaturated/α-hetero) is 1. The summed E-state index contributed by atoms with van der Waals surface area (Å²) in [5.41, 5.74) is 5.38. The lowest BCUT2D eigenvalue weighted by atomic mass is 9.68. The number of carbonyl (C=O) groups excluding carboxylic acids is 1. The Kier molecular flexibility index (Phi) is 5.79. The number of aromatic nitrogens is 3. The summed E-state index contributed by atoms with van der Waals surface area (Å²) in [5, 5.41) is 11.0. The van der Waals surface area contributed by atoms with Gasteiger partial charge in [-0.15, -0.1) is 0 Å². The molecule has 6 nitrogen and oxygen atoms in total. The number of unbranched alkanes of at least 4 members (excludes halogenated alkanes) is 1. The zero-order chi connectivity index (χ0) is 26.1. The quantitative estimate of drug-likeness (QED) is 0.194. The minimum Gasteiger partial charge on any atom is -0.372 e. The zero-order valence-electron chi connectivity index (χ0n) is 22.8. The van der Waals surface area contributed by atoms with Gasteiger partial charge in [-0.1, -0.05) is 25.5 Å². The Bertz CT molecular complexity index is 1360. The van der Waals surface area contributed by atoms with Crippen molar-refractivity contribution in [3.8, 4) is 0 Å². The lowest BCUT2D eigenvalue weighted by molar-refractivity contribution is 0.0114. The Morgan fingerprint density at radius 1 is 1.21 bits per heavy atom. The molecule has 6 unspecified atom stereocenters. The maximum atomic E-state index is 13.3. The van der Waals surface area contributed by atoms with E-state index in [2.05, 4.69) is 23.0 Å². The van der Waals surface area contributed by atoms with Crippen LogP contribution in [-0.2, 0) is 13.0 Å². The summed E-state index contributed by atoms with van der Waals surface area (Å²) in [5.74, 6) is 3.34. The van der Waals surface area contributed by atoms with E-state index in [-0.39, 0.29) is 5.78 Å². The molecule has 3 heterocycles. The van der Waals surface area contributed by atoms with Gasteiger partial charge in [-0.3, -0.25) is 19.1 Å². The number of imidazole rings is 1. The van der Waals surface area contributed by atoms with Gasteiger partial charge in [-0.2, -0.15) is 0 Å². The van der Waals surface area contributed by atoms with Crippen molar-refractivity contribution in [3.05, 3.63) is 65.4 Å². The third-order valence-corrected chi connectivity index (χ3v) is 10.6. The largest absolute Gasteiger partial charge is 0.372 e. The number of hydrogen-bond donors (Lipinski definition) is 1. The molecule has 4 aliphatic carbocycles. The first kappa shape index (κ1) is 24.5. The number of fused-ring (bicyclic) bond motifs is 3. The Morgan fingerprint density at radius 3 is 2.92 bits per heavy atom. The first-order chi connectivity index (χ1) is 18.4. The van der Waals surface area contributed by atoms with Gasteiger partial charge in [0.25, 0.3) is 0 Å². The van der Waals surface area contributed by atoms with Gasteiger partial charge in [0.15, 0.2) is 12.0 Å². The Balaban J connectivity index is 0.971. The Labute approximate surface area is 225 Å². The average Bonchev–Trinajstić information content (AvgIpc) is 3.76. The van der Waals surface area contributed by atoms with Crippen LogP contribution in [0, 0.1) is 28.6 Å². The molecule has 2 bridgehead atoms. The van der Waals surface area contributed by atoms with E-state index in [1.165, 1.54) is 44.1 Å². The van der Waals surface area contributed by atoms with Crippen molar-refractivity contribution in [1.82, 2.24) is 19.3 Å². The van der Waals surface area contributed by atoms with Gasteiger partial charge in [0, 0.05) is 25.4 Å². The SMILES string of the molecule is CCc1ccc(CN(C)C(O)c2cn3c(C(=O)CCCCC45CC6CC6C6(CC6C4)C5)cccc3n2)nc1. The van der Waals surface area contributed by atoms with Gasteiger partial charge >= 0.3 is 0 Å². The molecule has 38 heavy (non-hydrogen) atoms. The first-order valence-electron chi connectivity index (χ1n) is 14.7. The third-order valence-electron chi connectivity index (χ3n) is 10.6. The smallest absolute Gasteiger partial charge is 0.179 e. The van der Waals surface area contributed by atoms with Crippen LogP contribution in [0.4, 0.5) is 0 Å². The molecule has 6 atom stereocenters. The van der Waals surface area contributed by atoms with Gasteiger partial charge in [0.2, 0.25) is 0 Å². The highest BCUT2D eigenvalue weighted by atomic mass is 16.3. The molecule has 200 valence electrons. The van der Waals surface area contributed by atoms with Crippen LogP contribution in [-0.4, -0.2) is 37.2 Å². The minimum absolute atomic E-state index is 0.164. The number of carbonyl (C=O) groups is 1. The van der Waals surface area contributed by atoms with Crippen LogP contribution in [0.15, 0.2) is 42.7 Å². The number of pyridine rings is 2. The summed E-state index contributed by atoms with van der Waals surface area (Å²) in [6.07, 6.45) is 15.3. The van der Waals surface area contributed by atoms with Crippen LogP contribution >= 0.6 is 0 Å². The maximum Gasteiger partial charge on any atom is 0.179 e. The second kappa shape index (κ2) is 8.99. The van der Waals surface area contributed by atoms with E-state index < -0.39 is 6.23 Å². The van der Waals surface area contributed by atoms with Crippen LogP contribution < -0.4 is 0 Å². The zero-order valence-corrected chi connectivity index (χ0v) is 22.8. The van der Waals surface area contributed by atoms with Crippen molar-refractivity contribution >= 4 is 11.4 Å². The van der Waals surface area contributed by atoms with Gasteiger partial charge in [0.05, 0.1) is 11.4 Å². The van der Waals surface area contributed by atoms with Gasteiger partial charge in [0.1, 0.15) is 11.3 Å². The molecule has 0 aliphatic heterocycles. The third kappa shape index (κ3) is 4.12. The molecule has 6 heteroatoms. The molecule has 7 rings (SSSR count). The molecule has 3 aromatic rings. The molecule has 1 N–H and O–H groups in total. The predicted molar refractivity (Wildman–Crippen MR) is 146 cm³/mol. The van der Waals surface area contributed by atoms with E-state index in [1.54, 1.807) is 0 Å². The molecule has 4 saturated carbocycles. The van der Waals surface area contributed by atoms with Gasteiger partial charge < -0.3 is 5.11 Å². The summed E-state index contributed by atoms with van der Waals surface area (Å²) in [4.78, 5) is 24.2. The highest BCUT2D eigenvalue weighted by Crippen LogP contribution is 2.84. The maximum absolute atomic E-state index is 13.3. The van der Waals surface area contributed by atoms with Crippen molar-refractivity contribution in [2.24, 2.45) is 28.6 Å². The number of aliphatic hydroxyl groups is 1. The summed E-state index contributed by atoms with van der Waals surface area (Å²) in [7, 11) is 1.86. The molecular weight excluding hydrogens is 472 g/mol. The molecule has 4 fully saturated rings. The Morgan fingerprint density at radius 2 is 2.11 bits per heavy atom. The normalized spacial score (nSPS) is 31.3. The summed E-state index contributed by atoms with van der Waals surface area (Å²) in [6.45, 7) is 2.62. The van der Waals surface area contributed by atoms with Crippen molar-refractivity contribution in [1.29, 1.82) is 0 Å². The molecule has 1 spiro atoms. The predicted octanol–water partition coefficient (Wildman–Crippen LogP) is 5.98. The van der Waals surface area contributed by atoms with Crippen molar-refractivity contribution in [2.75, 3.05) is 7.05 Å². The van der Waals surface area contributed by atoms with Gasteiger partial charge in [-0.25, -0.2) is 4.98 Å². The molecule has 0 aromatic carbocycles. The number of nitrogens with zero attached hydrogens (tertiary/aromatic N) is 4. The van der Waals surface area contributed by atoms with Crippen LogP contribution in [0.1, 0.15) is 98.4 Å². The lowest BCUT2D eigenvalue weighted by Crippen LogP contribution is -2.26. The van der Waals surface area contributed by atoms with Crippen molar-refractivity contribution < 1.29 is 9.90 Å². The molecule has 0 amide bonds.